The van der Waals surface area contributed by atoms with Crippen LogP contribution in [0.1, 0.15) is 41.4 Å². The van der Waals surface area contributed by atoms with Gasteiger partial charge in [0.2, 0.25) is 0 Å². The Balaban J connectivity index is 1.77. The molecule has 0 aliphatic heterocycles. The number of aromatic nitrogens is 4. The first-order valence-corrected chi connectivity index (χ1v) is 7.71. The first kappa shape index (κ1) is 15.9. The molecule has 3 rings (SSSR count). The molecule has 0 aliphatic rings. The van der Waals surface area contributed by atoms with Crippen molar-refractivity contribution >= 4 is 5.91 Å². The van der Waals surface area contributed by atoms with E-state index in [0.29, 0.717) is 23.5 Å². The maximum Gasteiger partial charge on any atom is 0.269 e. The predicted molar refractivity (Wildman–Crippen MR) is 87.8 cm³/mol. The molecule has 24 heavy (non-hydrogen) atoms. The van der Waals surface area contributed by atoms with Gasteiger partial charge in [0.15, 0.2) is 0 Å². The zero-order valence-corrected chi connectivity index (χ0v) is 13.4. The van der Waals surface area contributed by atoms with Crippen molar-refractivity contribution in [3.63, 3.8) is 0 Å². The number of aromatic amines is 2. The molecule has 0 radical (unpaired) electrons. The van der Waals surface area contributed by atoms with Crippen molar-refractivity contribution in [3.05, 3.63) is 59.6 Å². The van der Waals surface area contributed by atoms with Crippen LogP contribution in [0.2, 0.25) is 0 Å². The van der Waals surface area contributed by atoms with E-state index in [1.807, 2.05) is 13.8 Å². The molecule has 1 aromatic carbocycles. The summed E-state index contributed by atoms with van der Waals surface area (Å²) in [6.45, 7) is 3.86. The lowest BCUT2D eigenvalue weighted by atomic mass is 10.1. The summed E-state index contributed by atoms with van der Waals surface area (Å²) in [5.74, 6) is 0.0108. The third kappa shape index (κ3) is 3.19. The Morgan fingerprint density at radius 1 is 1.38 bits per heavy atom. The van der Waals surface area contributed by atoms with Gasteiger partial charge >= 0.3 is 0 Å². The van der Waals surface area contributed by atoms with Gasteiger partial charge in [-0.05, 0) is 31.5 Å². The van der Waals surface area contributed by atoms with Crippen LogP contribution in [-0.2, 0) is 0 Å². The third-order valence-corrected chi connectivity index (χ3v) is 3.74. The van der Waals surface area contributed by atoms with Crippen LogP contribution in [0.5, 0.6) is 0 Å². The quantitative estimate of drug-likeness (QED) is 0.673. The molecule has 0 unspecified atom stereocenters. The minimum Gasteiger partial charge on any atom is -0.344 e. The molecule has 6 nitrogen and oxygen atoms in total. The topological polar surface area (TPSA) is 86.5 Å². The number of hydrogen-bond acceptors (Lipinski definition) is 3. The Morgan fingerprint density at radius 3 is 2.83 bits per heavy atom. The van der Waals surface area contributed by atoms with Gasteiger partial charge in [0.05, 0.1) is 11.7 Å². The van der Waals surface area contributed by atoms with Gasteiger partial charge in [-0.3, -0.25) is 9.89 Å². The fourth-order valence-electron chi connectivity index (χ4n) is 2.45. The monoisotopic (exact) mass is 327 g/mol. The summed E-state index contributed by atoms with van der Waals surface area (Å²) < 4.78 is 13.8. The molecule has 0 saturated heterocycles. The van der Waals surface area contributed by atoms with Crippen LogP contribution in [0.15, 0.2) is 36.5 Å². The van der Waals surface area contributed by atoms with Crippen LogP contribution in [0.25, 0.3) is 11.3 Å². The summed E-state index contributed by atoms with van der Waals surface area (Å²) in [4.78, 5) is 19.8. The van der Waals surface area contributed by atoms with Crippen LogP contribution >= 0.6 is 0 Å². The number of amides is 1. The van der Waals surface area contributed by atoms with E-state index in [-0.39, 0.29) is 23.5 Å². The van der Waals surface area contributed by atoms with Gasteiger partial charge in [-0.25, -0.2) is 9.37 Å². The number of rotatable bonds is 5. The lowest BCUT2D eigenvalue weighted by molar-refractivity contribution is 0.0928. The molecule has 0 saturated carbocycles. The number of benzene rings is 1. The summed E-state index contributed by atoms with van der Waals surface area (Å²) in [6, 6.07) is 7.61. The highest BCUT2D eigenvalue weighted by atomic mass is 19.1. The molecule has 0 fully saturated rings. The van der Waals surface area contributed by atoms with Gasteiger partial charge in [-0.1, -0.05) is 19.1 Å². The molecule has 3 N–H and O–H groups in total. The van der Waals surface area contributed by atoms with E-state index in [4.69, 9.17) is 0 Å². The smallest absolute Gasteiger partial charge is 0.269 e. The SMILES string of the molecule is CC[C@H](NC(=O)c1cc(-c2ccccc2F)n[nH]1)c1ncc(C)[nH]1. The summed E-state index contributed by atoms with van der Waals surface area (Å²) in [6.07, 6.45) is 2.41. The minimum atomic E-state index is -0.381. The highest BCUT2D eigenvalue weighted by Crippen LogP contribution is 2.21. The van der Waals surface area contributed by atoms with Crippen molar-refractivity contribution in [3.8, 4) is 11.3 Å². The Bertz CT molecular complexity index is 854. The second kappa shape index (κ2) is 6.66. The average molecular weight is 327 g/mol. The Morgan fingerprint density at radius 2 is 2.17 bits per heavy atom. The van der Waals surface area contributed by atoms with E-state index < -0.39 is 0 Å². The van der Waals surface area contributed by atoms with Gasteiger partial charge in [0.25, 0.3) is 5.91 Å². The van der Waals surface area contributed by atoms with Crippen molar-refractivity contribution in [1.82, 2.24) is 25.5 Å². The molecule has 3 aromatic rings. The number of halogens is 1. The zero-order valence-electron chi connectivity index (χ0n) is 13.4. The molecule has 0 aliphatic carbocycles. The van der Waals surface area contributed by atoms with Gasteiger partial charge in [0, 0.05) is 17.5 Å². The fourth-order valence-corrected chi connectivity index (χ4v) is 2.45. The Labute approximate surface area is 138 Å². The molecule has 0 spiro atoms. The first-order valence-electron chi connectivity index (χ1n) is 7.71. The van der Waals surface area contributed by atoms with E-state index >= 15 is 0 Å². The number of nitrogens with one attached hydrogen (secondary N) is 3. The summed E-state index contributed by atoms with van der Waals surface area (Å²) in [5.41, 5.74) is 1.94. The lowest BCUT2D eigenvalue weighted by Crippen LogP contribution is -2.29. The zero-order chi connectivity index (χ0) is 17.1. The van der Waals surface area contributed by atoms with Gasteiger partial charge < -0.3 is 10.3 Å². The molecule has 1 amide bonds. The number of aryl methyl sites for hydroxylation is 1. The van der Waals surface area contributed by atoms with Gasteiger partial charge in [-0.15, -0.1) is 0 Å². The summed E-state index contributed by atoms with van der Waals surface area (Å²) >= 11 is 0. The highest BCUT2D eigenvalue weighted by molar-refractivity contribution is 5.93. The maximum absolute atomic E-state index is 13.8. The Kier molecular flexibility index (Phi) is 4.41. The standard InChI is InChI=1S/C17H18FN5O/c1-3-13(16-19-9-10(2)20-16)21-17(24)15-8-14(22-23-15)11-6-4-5-7-12(11)18/h4-9,13H,3H2,1-2H3,(H,19,20)(H,21,24)(H,22,23)/t13-/m0/s1. The van der Waals surface area contributed by atoms with Crippen LogP contribution < -0.4 is 5.32 Å². The van der Waals surface area contributed by atoms with E-state index in [2.05, 4.69) is 25.5 Å². The highest BCUT2D eigenvalue weighted by Gasteiger charge is 2.19. The number of carbonyl (C=O) groups excluding carboxylic acids is 1. The third-order valence-electron chi connectivity index (χ3n) is 3.74. The van der Waals surface area contributed by atoms with Crippen molar-refractivity contribution in [2.24, 2.45) is 0 Å². The maximum atomic E-state index is 13.8. The van der Waals surface area contributed by atoms with Crippen molar-refractivity contribution < 1.29 is 9.18 Å². The van der Waals surface area contributed by atoms with E-state index in [0.717, 1.165) is 5.69 Å². The number of carbonyl (C=O) groups is 1. The van der Waals surface area contributed by atoms with Crippen LogP contribution in [0.4, 0.5) is 4.39 Å². The van der Waals surface area contributed by atoms with Crippen LogP contribution in [0.3, 0.4) is 0 Å². The number of H-pyrrole nitrogens is 2. The molecule has 124 valence electrons. The number of imidazole rings is 1. The normalized spacial score (nSPS) is 12.1. The van der Waals surface area contributed by atoms with Crippen LogP contribution in [-0.4, -0.2) is 26.1 Å². The van der Waals surface area contributed by atoms with E-state index in [1.54, 1.807) is 24.4 Å². The van der Waals surface area contributed by atoms with E-state index in [1.165, 1.54) is 12.1 Å². The van der Waals surface area contributed by atoms with E-state index in [9.17, 15) is 9.18 Å². The molecule has 0 bridgehead atoms. The second-order valence-electron chi connectivity index (χ2n) is 5.53. The van der Waals surface area contributed by atoms with Gasteiger partial charge in [-0.2, -0.15) is 5.10 Å². The second-order valence-corrected chi connectivity index (χ2v) is 5.53. The molecular formula is C17H18FN5O. The lowest BCUT2D eigenvalue weighted by Gasteiger charge is -2.13. The van der Waals surface area contributed by atoms with Gasteiger partial charge in [0.1, 0.15) is 17.3 Å². The fraction of sp³-hybridized carbons (Fsp3) is 0.235. The van der Waals surface area contributed by atoms with Crippen molar-refractivity contribution in [1.29, 1.82) is 0 Å². The van der Waals surface area contributed by atoms with Crippen LogP contribution in [0, 0.1) is 12.7 Å². The molecule has 7 heteroatoms. The number of hydrogen-bond donors (Lipinski definition) is 3. The largest absolute Gasteiger partial charge is 0.344 e. The predicted octanol–water partition coefficient (Wildman–Crippen LogP) is 3.13. The summed E-state index contributed by atoms with van der Waals surface area (Å²) in [5, 5.41) is 9.58. The number of nitrogens with zero attached hydrogens (tertiary/aromatic N) is 2. The van der Waals surface area contributed by atoms with Crippen molar-refractivity contribution in [2.45, 2.75) is 26.3 Å². The average Bonchev–Trinajstić information content (AvgIpc) is 3.22. The molecular weight excluding hydrogens is 309 g/mol. The summed E-state index contributed by atoms with van der Waals surface area (Å²) in [7, 11) is 0. The molecule has 2 heterocycles. The molecule has 1 atom stereocenters. The Hall–Kier alpha value is -2.96. The van der Waals surface area contributed by atoms with Crippen molar-refractivity contribution in [2.75, 3.05) is 0 Å². The molecule has 2 aromatic heterocycles. The minimum absolute atomic E-state index is 0.230. The first-order chi connectivity index (χ1) is 11.6.